The van der Waals surface area contributed by atoms with Crippen LogP contribution >= 0.6 is 11.3 Å². The Bertz CT molecular complexity index is 530. The molecule has 1 aromatic carbocycles. The Balaban J connectivity index is 1.73. The van der Waals surface area contributed by atoms with Gasteiger partial charge in [-0.1, -0.05) is 38.3 Å². The van der Waals surface area contributed by atoms with E-state index in [4.69, 9.17) is 4.98 Å². The van der Waals surface area contributed by atoms with Crippen LogP contribution in [0.5, 0.6) is 0 Å². The van der Waals surface area contributed by atoms with Crippen LogP contribution in [-0.2, 0) is 0 Å². The van der Waals surface area contributed by atoms with Crippen molar-refractivity contribution < 1.29 is 0 Å². The summed E-state index contributed by atoms with van der Waals surface area (Å²) in [4.78, 5) is 4.79. The second kappa shape index (κ2) is 6.23. The van der Waals surface area contributed by atoms with Gasteiger partial charge in [0.1, 0.15) is 5.01 Å². The molecule has 1 saturated carbocycles. The minimum absolute atomic E-state index is 0.365. The van der Waals surface area contributed by atoms with Crippen molar-refractivity contribution in [1.29, 1.82) is 0 Å². The van der Waals surface area contributed by atoms with Gasteiger partial charge in [0.05, 0.1) is 16.3 Å². The highest BCUT2D eigenvalue weighted by molar-refractivity contribution is 7.18. The second-order valence-electron chi connectivity index (χ2n) is 5.97. The molecule has 2 aromatic rings. The Morgan fingerprint density at radius 1 is 1.30 bits per heavy atom. The van der Waals surface area contributed by atoms with Gasteiger partial charge in [0.25, 0.3) is 0 Å². The summed E-state index contributed by atoms with van der Waals surface area (Å²) in [6.07, 6.45) is 6.80. The Labute approximate surface area is 125 Å². The Kier molecular flexibility index (Phi) is 4.37. The summed E-state index contributed by atoms with van der Waals surface area (Å²) in [5.41, 5.74) is 1.14. The first kappa shape index (κ1) is 14.0. The highest BCUT2D eigenvalue weighted by Crippen LogP contribution is 2.31. The largest absolute Gasteiger partial charge is 0.305 e. The SMILES string of the molecule is CCC1CCCCC1NC(C)c1nc2ccccc2s1. The zero-order valence-corrected chi connectivity index (χ0v) is 13.2. The number of benzene rings is 1. The highest BCUT2D eigenvalue weighted by atomic mass is 32.1. The molecule has 3 unspecified atom stereocenters. The molecule has 3 rings (SSSR count). The van der Waals surface area contributed by atoms with E-state index in [2.05, 4.69) is 43.4 Å². The number of thiazole rings is 1. The Morgan fingerprint density at radius 2 is 2.10 bits per heavy atom. The van der Waals surface area contributed by atoms with Gasteiger partial charge in [-0.3, -0.25) is 0 Å². The van der Waals surface area contributed by atoms with Crippen molar-refractivity contribution in [2.24, 2.45) is 5.92 Å². The van der Waals surface area contributed by atoms with E-state index in [9.17, 15) is 0 Å². The van der Waals surface area contributed by atoms with Crippen molar-refractivity contribution in [3.8, 4) is 0 Å². The van der Waals surface area contributed by atoms with Crippen molar-refractivity contribution in [2.75, 3.05) is 0 Å². The molecule has 1 aromatic heterocycles. The molecule has 0 amide bonds. The zero-order chi connectivity index (χ0) is 13.9. The number of nitrogens with zero attached hydrogens (tertiary/aromatic N) is 1. The smallest absolute Gasteiger partial charge is 0.111 e. The third-order valence-corrected chi connectivity index (χ3v) is 5.80. The van der Waals surface area contributed by atoms with Crippen molar-refractivity contribution in [1.82, 2.24) is 10.3 Å². The minimum atomic E-state index is 0.365. The molecule has 0 aliphatic heterocycles. The molecule has 1 heterocycles. The molecule has 2 nitrogen and oxygen atoms in total. The first-order valence-corrected chi connectivity index (χ1v) is 8.71. The van der Waals surface area contributed by atoms with Crippen LogP contribution in [0.4, 0.5) is 0 Å². The highest BCUT2D eigenvalue weighted by Gasteiger charge is 2.25. The van der Waals surface area contributed by atoms with E-state index < -0.39 is 0 Å². The maximum absolute atomic E-state index is 4.79. The summed E-state index contributed by atoms with van der Waals surface area (Å²) >= 11 is 1.83. The predicted molar refractivity (Wildman–Crippen MR) is 87.2 cm³/mol. The molecule has 0 radical (unpaired) electrons. The van der Waals surface area contributed by atoms with Gasteiger partial charge >= 0.3 is 0 Å². The topological polar surface area (TPSA) is 24.9 Å². The lowest BCUT2D eigenvalue weighted by atomic mass is 9.82. The van der Waals surface area contributed by atoms with Crippen LogP contribution in [-0.4, -0.2) is 11.0 Å². The zero-order valence-electron chi connectivity index (χ0n) is 12.4. The molecule has 20 heavy (non-hydrogen) atoms. The summed E-state index contributed by atoms with van der Waals surface area (Å²) in [6, 6.07) is 9.48. The van der Waals surface area contributed by atoms with Gasteiger partial charge in [-0.25, -0.2) is 4.98 Å². The summed E-state index contributed by atoms with van der Waals surface area (Å²) in [5, 5.41) is 5.07. The summed E-state index contributed by atoms with van der Waals surface area (Å²) in [6.45, 7) is 4.59. The molecule has 1 aliphatic carbocycles. The van der Waals surface area contributed by atoms with Crippen molar-refractivity contribution in [3.05, 3.63) is 29.3 Å². The molecule has 1 N–H and O–H groups in total. The number of nitrogens with one attached hydrogen (secondary N) is 1. The normalized spacial score (nSPS) is 24.9. The molecule has 0 spiro atoms. The lowest BCUT2D eigenvalue weighted by Crippen LogP contribution is -2.39. The van der Waals surface area contributed by atoms with E-state index in [1.807, 2.05) is 11.3 Å². The number of aromatic nitrogens is 1. The fraction of sp³-hybridized carbons (Fsp3) is 0.588. The van der Waals surface area contributed by atoms with Crippen LogP contribution in [0.25, 0.3) is 10.2 Å². The van der Waals surface area contributed by atoms with E-state index in [0.717, 1.165) is 11.4 Å². The van der Waals surface area contributed by atoms with Crippen LogP contribution in [0.2, 0.25) is 0 Å². The fourth-order valence-corrected chi connectivity index (χ4v) is 4.36. The molecule has 0 saturated heterocycles. The van der Waals surface area contributed by atoms with Crippen LogP contribution in [0.1, 0.15) is 57.0 Å². The van der Waals surface area contributed by atoms with Crippen molar-refractivity contribution in [2.45, 2.75) is 58.0 Å². The average molecular weight is 288 g/mol. The quantitative estimate of drug-likeness (QED) is 0.864. The Morgan fingerprint density at radius 3 is 2.90 bits per heavy atom. The van der Waals surface area contributed by atoms with Gasteiger partial charge in [0.15, 0.2) is 0 Å². The molecule has 1 fully saturated rings. The van der Waals surface area contributed by atoms with Gasteiger partial charge in [-0.15, -0.1) is 11.3 Å². The maximum Gasteiger partial charge on any atom is 0.111 e. The van der Waals surface area contributed by atoms with Crippen LogP contribution in [0.15, 0.2) is 24.3 Å². The van der Waals surface area contributed by atoms with E-state index in [1.54, 1.807) is 0 Å². The number of hydrogen-bond acceptors (Lipinski definition) is 3. The lowest BCUT2D eigenvalue weighted by Gasteiger charge is -2.33. The van der Waals surface area contributed by atoms with Crippen LogP contribution in [0, 0.1) is 5.92 Å². The molecule has 3 atom stereocenters. The van der Waals surface area contributed by atoms with Crippen LogP contribution < -0.4 is 5.32 Å². The molecule has 1 aliphatic rings. The first-order valence-electron chi connectivity index (χ1n) is 7.89. The van der Waals surface area contributed by atoms with E-state index in [0.29, 0.717) is 12.1 Å². The summed E-state index contributed by atoms with van der Waals surface area (Å²) in [5.74, 6) is 0.848. The fourth-order valence-electron chi connectivity index (χ4n) is 3.38. The monoisotopic (exact) mass is 288 g/mol. The average Bonchev–Trinajstić information content (AvgIpc) is 2.92. The van der Waals surface area contributed by atoms with Gasteiger partial charge in [0.2, 0.25) is 0 Å². The van der Waals surface area contributed by atoms with Gasteiger partial charge in [-0.05, 0) is 37.8 Å². The molecule has 3 heteroatoms. The third kappa shape index (κ3) is 2.89. The lowest BCUT2D eigenvalue weighted by molar-refractivity contribution is 0.240. The predicted octanol–water partition coefficient (Wildman–Crippen LogP) is 4.92. The maximum atomic E-state index is 4.79. The van der Waals surface area contributed by atoms with Crippen molar-refractivity contribution >= 4 is 21.6 Å². The minimum Gasteiger partial charge on any atom is -0.305 e. The van der Waals surface area contributed by atoms with Gasteiger partial charge < -0.3 is 5.32 Å². The molecule has 0 bridgehead atoms. The second-order valence-corrected chi connectivity index (χ2v) is 7.03. The number of fused-ring (bicyclic) bond motifs is 1. The summed E-state index contributed by atoms with van der Waals surface area (Å²) in [7, 11) is 0. The summed E-state index contributed by atoms with van der Waals surface area (Å²) < 4.78 is 1.30. The molecular weight excluding hydrogens is 264 g/mol. The molecule has 108 valence electrons. The van der Waals surface area contributed by atoms with Crippen LogP contribution in [0.3, 0.4) is 0 Å². The number of rotatable bonds is 4. The molecular formula is C17H24N2S. The Hall–Kier alpha value is -0.930. The number of para-hydroxylation sites is 1. The number of hydrogen-bond donors (Lipinski definition) is 1. The standard InChI is InChI=1S/C17H24N2S/c1-3-13-8-4-5-9-14(13)18-12(2)17-19-15-10-6-7-11-16(15)20-17/h6-7,10-14,18H,3-5,8-9H2,1-2H3. The first-order chi connectivity index (χ1) is 9.78. The van der Waals surface area contributed by atoms with E-state index >= 15 is 0 Å². The van der Waals surface area contributed by atoms with Gasteiger partial charge in [-0.2, -0.15) is 0 Å². The van der Waals surface area contributed by atoms with E-state index in [-0.39, 0.29) is 0 Å². The van der Waals surface area contributed by atoms with E-state index in [1.165, 1.54) is 41.8 Å². The van der Waals surface area contributed by atoms with Gasteiger partial charge in [0, 0.05) is 6.04 Å². The van der Waals surface area contributed by atoms with Crippen molar-refractivity contribution in [3.63, 3.8) is 0 Å². The third-order valence-electron chi connectivity index (χ3n) is 4.58.